The average Bonchev–Trinajstić information content (AvgIpc) is 2.57. The molecule has 0 saturated heterocycles. The average molecular weight is 199 g/mol. The third-order valence-corrected chi connectivity index (χ3v) is 3.07. The number of para-hydroxylation sites is 1. The second-order valence-corrected chi connectivity index (χ2v) is 3.97. The molecule has 2 heteroatoms. The zero-order valence-corrected chi connectivity index (χ0v) is 7.96. The molecule has 0 spiro atoms. The van der Waals surface area contributed by atoms with Crippen molar-refractivity contribution in [2.24, 2.45) is 0 Å². The van der Waals surface area contributed by atoms with Crippen LogP contribution in [0.4, 0.5) is 0 Å². The highest BCUT2D eigenvalue weighted by molar-refractivity contribution is 5.85. The Morgan fingerprint density at radius 2 is 2.21 bits per heavy atom. The molecule has 0 saturated carbocycles. The van der Waals surface area contributed by atoms with Crippen molar-refractivity contribution in [2.75, 3.05) is 0 Å². The fraction of sp³-hybridized carbons (Fsp3) is 0.333. The number of rotatable bonds is 0. The Hall–Kier alpha value is -1.28. The first-order valence-corrected chi connectivity index (χ1v) is 5.14. The van der Waals surface area contributed by atoms with Gasteiger partial charge in [0.1, 0.15) is 0 Å². The van der Waals surface area contributed by atoms with E-state index < -0.39 is 0 Å². The van der Waals surface area contributed by atoms with E-state index in [1.54, 1.807) is 0 Å². The number of aryl methyl sites for hydroxylation is 1. The van der Waals surface area contributed by atoms with E-state index in [0.29, 0.717) is 0 Å². The van der Waals surface area contributed by atoms with Crippen LogP contribution in [0.3, 0.4) is 0 Å². The van der Waals surface area contributed by atoms with Gasteiger partial charge in [-0.1, -0.05) is 18.2 Å². The van der Waals surface area contributed by atoms with E-state index in [9.17, 15) is 5.11 Å². The van der Waals surface area contributed by atoms with Crippen molar-refractivity contribution in [3.05, 3.63) is 35.5 Å². The lowest BCUT2D eigenvalue weighted by molar-refractivity contribution is 0.158. The fourth-order valence-corrected chi connectivity index (χ4v) is 2.41. The zero-order valence-electron chi connectivity index (χ0n) is 7.96. The first-order chi connectivity index (χ1) is 6.86. The molecule has 1 aromatic carbocycles. The van der Waals surface area contributed by atoms with Gasteiger partial charge in [-0.05, 0) is 25.3 Å². The van der Waals surface area contributed by atoms with Crippen LogP contribution in [0.5, 0.6) is 0 Å². The monoisotopic (exact) mass is 199 g/mol. The predicted octanol–water partition coefficient (Wildman–Crippen LogP) is 2.54. The number of aliphatic hydroxyl groups is 1. The number of hydrogen-bond donors (Lipinski definition) is 2. The van der Waals surface area contributed by atoms with Crippen LogP contribution >= 0.6 is 0 Å². The van der Waals surface area contributed by atoms with Gasteiger partial charge < -0.3 is 10.1 Å². The van der Waals surface area contributed by atoms with Gasteiger partial charge in [-0.3, -0.25) is 0 Å². The highest BCUT2D eigenvalue weighted by Gasteiger charge is 2.22. The summed E-state index contributed by atoms with van der Waals surface area (Å²) in [5, 5.41) is 11.1. The van der Waals surface area contributed by atoms with Gasteiger partial charge in [0.05, 0.1) is 6.10 Å². The molecule has 1 aromatic heterocycles. The summed E-state index contributed by atoms with van der Waals surface area (Å²) in [5.41, 5.74) is 3.51. The molecule has 1 atom stereocenters. The van der Waals surface area contributed by atoms with Crippen molar-refractivity contribution in [2.45, 2.75) is 25.4 Å². The van der Waals surface area contributed by atoms with Gasteiger partial charge in [-0.15, -0.1) is 0 Å². The van der Waals surface area contributed by atoms with Crippen LogP contribution in [0, 0.1) is 0 Å². The highest BCUT2D eigenvalue weighted by atomic mass is 16.3. The summed E-state index contributed by atoms with van der Waals surface area (Å²) in [6.45, 7) is 0. The highest BCUT2D eigenvalue weighted by Crippen LogP contribution is 2.35. The summed E-state index contributed by atoms with van der Waals surface area (Å²) in [6.07, 6.45) is 2.78. The summed E-state index contributed by atoms with van der Waals surface area (Å²) in [5.74, 6) is 0. The normalized spacial score (nSPS) is 21.1. The third-order valence-electron chi connectivity index (χ3n) is 3.07. The number of fused-ring (bicyclic) bond motifs is 3. The third kappa shape index (κ3) is 1.01. The molecule has 1 unspecified atom stereocenters. The summed E-state index contributed by atoms with van der Waals surface area (Å²) >= 11 is 0. The number of aromatic amines is 1. The molecular formula is C12H13NO. The van der Waals surface area contributed by atoms with E-state index in [4.69, 9.17) is 0 Å². The van der Waals surface area contributed by atoms with E-state index in [1.807, 2.05) is 12.1 Å². The predicted molar refractivity (Wildman–Crippen MR) is 56.2 cm³/mol. The molecule has 0 fully saturated rings. The minimum absolute atomic E-state index is 0.269. The Bertz CT molecular complexity index is 472. The minimum Gasteiger partial charge on any atom is -0.388 e. The summed E-state index contributed by atoms with van der Waals surface area (Å²) < 4.78 is 0. The van der Waals surface area contributed by atoms with Crippen molar-refractivity contribution in [1.82, 2.24) is 4.98 Å². The standard InChI is InChI=1S/C12H13NO/c14-11-7-3-6-10-12(11)8-4-1-2-5-9(8)13-10/h1-2,4-5,11,13-14H,3,6-7H2/i1+2,2+2,4+2,5+2,8+2,9+2. The molecule has 1 heterocycles. The molecule has 3 rings (SSSR count). The van der Waals surface area contributed by atoms with Crippen molar-refractivity contribution in [3.63, 3.8) is 0 Å². The van der Waals surface area contributed by atoms with Crippen molar-refractivity contribution < 1.29 is 5.11 Å². The SMILES string of the molecule is OC1CCCc2[nH][14c]3[14cH][14cH][14cH][14cH][14c]3c21. The summed E-state index contributed by atoms with van der Waals surface area (Å²) in [6, 6.07) is 8.20. The molecule has 0 bridgehead atoms. The molecule has 72 valence electrons. The van der Waals surface area contributed by atoms with Crippen LogP contribution in [-0.2, 0) is 6.42 Å². The van der Waals surface area contributed by atoms with Crippen LogP contribution < -0.4 is 0 Å². The van der Waals surface area contributed by atoms with Crippen molar-refractivity contribution >= 4 is 10.9 Å². The maximum Gasteiger partial charge on any atom is 0.0813 e. The Labute approximate surface area is 82.6 Å². The van der Waals surface area contributed by atoms with Crippen molar-refractivity contribution in [3.8, 4) is 0 Å². The molecule has 1 aliphatic rings. The van der Waals surface area contributed by atoms with Gasteiger partial charge in [-0.2, -0.15) is 0 Å². The second-order valence-electron chi connectivity index (χ2n) is 3.97. The molecular weight excluding hydrogens is 186 g/mol. The second kappa shape index (κ2) is 2.85. The van der Waals surface area contributed by atoms with Crippen LogP contribution in [-0.4, -0.2) is 10.1 Å². The summed E-state index contributed by atoms with van der Waals surface area (Å²) in [4.78, 5) is 3.39. The zero-order chi connectivity index (χ0) is 9.54. The smallest absolute Gasteiger partial charge is 0.0813 e. The molecule has 0 aliphatic heterocycles. The Morgan fingerprint density at radius 3 is 3.14 bits per heavy atom. The number of aromatic nitrogens is 1. The van der Waals surface area contributed by atoms with E-state index in [0.717, 1.165) is 30.3 Å². The Morgan fingerprint density at radius 1 is 1.36 bits per heavy atom. The summed E-state index contributed by atoms with van der Waals surface area (Å²) in [7, 11) is 0. The lowest BCUT2D eigenvalue weighted by Gasteiger charge is -2.17. The lowest BCUT2D eigenvalue weighted by Crippen LogP contribution is -2.07. The van der Waals surface area contributed by atoms with Crippen LogP contribution in [0.1, 0.15) is 30.2 Å². The Kier molecular flexibility index (Phi) is 1.64. The van der Waals surface area contributed by atoms with Crippen molar-refractivity contribution in [1.29, 1.82) is 0 Å². The van der Waals surface area contributed by atoms with Crippen LogP contribution in [0.2, 0.25) is 0 Å². The molecule has 2 N–H and O–H groups in total. The maximum absolute atomic E-state index is 9.93. The first kappa shape index (κ1) is 8.06. The maximum atomic E-state index is 9.93. The van der Waals surface area contributed by atoms with E-state index in [1.165, 1.54) is 11.1 Å². The van der Waals surface area contributed by atoms with Gasteiger partial charge in [0.25, 0.3) is 0 Å². The van der Waals surface area contributed by atoms with Crippen LogP contribution in [0.25, 0.3) is 10.9 Å². The van der Waals surface area contributed by atoms with E-state index >= 15 is 0 Å². The number of benzene rings is 1. The van der Waals surface area contributed by atoms with Gasteiger partial charge in [-0.25, -0.2) is 0 Å². The number of aliphatic hydroxyl groups excluding tert-OH is 1. The van der Waals surface area contributed by atoms with Gasteiger partial charge in [0.2, 0.25) is 0 Å². The van der Waals surface area contributed by atoms with Gasteiger partial charge in [0.15, 0.2) is 0 Å². The topological polar surface area (TPSA) is 36.0 Å². The quantitative estimate of drug-likeness (QED) is 0.672. The van der Waals surface area contributed by atoms with E-state index in [-0.39, 0.29) is 6.10 Å². The fourth-order valence-electron chi connectivity index (χ4n) is 2.41. The molecule has 2 nitrogen and oxygen atoms in total. The number of H-pyrrole nitrogens is 1. The molecule has 0 amide bonds. The molecule has 1 aliphatic carbocycles. The molecule has 14 heavy (non-hydrogen) atoms. The number of nitrogens with one attached hydrogen (secondary N) is 1. The lowest BCUT2D eigenvalue weighted by atomic mass is 9.99. The van der Waals surface area contributed by atoms with E-state index in [2.05, 4.69) is 17.1 Å². The van der Waals surface area contributed by atoms with Gasteiger partial charge in [0, 0.05) is 22.2 Å². The first-order valence-electron chi connectivity index (χ1n) is 5.14. The van der Waals surface area contributed by atoms with Gasteiger partial charge >= 0.3 is 0 Å². The molecule has 2 aromatic rings. The number of hydrogen-bond acceptors (Lipinski definition) is 1. The largest absolute Gasteiger partial charge is 0.388 e. The molecule has 0 radical (unpaired) electrons. The minimum atomic E-state index is -0.269. The van der Waals surface area contributed by atoms with Crippen LogP contribution in [0.15, 0.2) is 24.3 Å². The Balaban J connectivity index is 2.34.